The van der Waals surface area contributed by atoms with Crippen LogP contribution in [0.15, 0.2) is 12.4 Å². The predicted molar refractivity (Wildman–Crippen MR) is 65.6 cm³/mol. The van der Waals surface area contributed by atoms with E-state index in [9.17, 15) is 0 Å². The highest BCUT2D eigenvalue weighted by molar-refractivity contribution is 5.39. The molecular formula is C12H21N3O. The number of rotatable bonds is 6. The van der Waals surface area contributed by atoms with Crippen molar-refractivity contribution in [2.75, 3.05) is 18.1 Å². The summed E-state index contributed by atoms with van der Waals surface area (Å²) in [6.45, 7) is 7.39. The third-order valence-corrected chi connectivity index (χ3v) is 2.55. The van der Waals surface area contributed by atoms with E-state index in [0.717, 1.165) is 30.9 Å². The zero-order valence-electron chi connectivity index (χ0n) is 10.3. The molecule has 0 spiro atoms. The van der Waals surface area contributed by atoms with Crippen LogP contribution in [0.5, 0.6) is 0 Å². The molecule has 0 aliphatic heterocycles. The van der Waals surface area contributed by atoms with Crippen LogP contribution in [-0.2, 0) is 6.42 Å². The molecule has 0 bridgehead atoms. The number of hydrogen-bond acceptors (Lipinski definition) is 4. The van der Waals surface area contributed by atoms with Crippen molar-refractivity contribution >= 4 is 5.82 Å². The lowest BCUT2D eigenvalue weighted by Gasteiger charge is -2.27. The molecular weight excluding hydrogens is 202 g/mol. The number of aliphatic hydroxyl groups is 1. The lowest BCUT2D eigenvalue weighted by atomic mass is 10.2. The minimum atomic E-state index is 0.217. The lowest BCUT2D eigenvalue weighted by molar-refractivity contribution is 0.288. The van der Waals surface area contributed by atoms with Gasteiger partial charge in [0.2, 0.25) is 0 Å². The molecule has 0 fully saturated rings. The largest absolute Gasteiger partial charge is 0.396 e. The molecule has 0 atom stereocenters. The monoisotopic (exact) mass is 223 g/mol. The molecule has 0 saturated carbocycles. The van der Waals surface area contributed by atoms with Gasteiger partial charge in [0.15, 0.2) is 0 Å². The van der Waals surface area contributed by atoms with Crippen molar-refractivity contribution in [1.82, 2.24) is 9.97 Å². The second kappa shape index (κ2) is 6.43. The van der Waals surface area contributed by atoms with Crippen molar-refractivity contribution in [2.45, 2.75) is 39.7 Å². The number of aromatic nitrogens is 2. The Kier molecular flexibility index (Phi) is 5.19. The quantitative estimate of drug-likeness (QED) is 0.796. The van der Waals surface area contributed by atoms with E-state index < -0.39 is 0 Å². The van der Waals surface area contributed by atoms with Crippen LogP contribution in [0.1, 0.15) is 32.9 Å². The fourth-order valence-electron chi connectivity index (χ4n) is 1.61. The highest BCUT2D eigenvalue weighted by Crippen LogP contribution is 2.14. The van der Waals surface area contributed by atoms with Gasteiger partial charge in [-0.15, -0.1) is 0 Å². The maximum atomic E-state index is 8.89. The van der Waals surface area contributed by atoms with Gasteiger partial charge in [0.05, 0.1) is 0 Å². The Morgan fingerprint density at radius 3 is 2.69 bits per heavy atom. The molecule has 1 heterocycles. The van der Waals surface area contributed by atoms with Gasteiger partial charge in [-0.25, -0.2) is 9.97 Å². The average molecular weight is 223 g/mol. The molecule has 0 aromatic carbocycles. The third kappa shape index (κ3) is 3.45. The van der Waals surface area contributed by atoms with Crippen LogP contribution in [0.2, 0.25) is 0 Å². The minimum Gasteiger partial charge on any atom is -0.396 e. The number of aliphatic hydroxyl groups excluding tert-OH is 1. The van der Waals surface area contributed by atoms with Crippen LogP contribution in [0, 0.1) is 0 Å². The highest BCUT2D eigenvalue weighted by atomic mass is 16.3. The zero-order chi connectivity index (χ0) is 12.0. The summed E-state index contributed by atoms with van der Waals surface area (Å²) in [5, 5.41) is 8.89. The predicted octanol–water partition coefficient (Wildman–Crippen LogP) is 1.64. The van der Waals surface area contributed by atoms with Crippen molar-refractivity contribution in [3.8, 4) is 0 Å². The zero-order valence-corrected chi connectivity index (χ0v) is 10.3. The number of aryl methyl sites for hydroxylation is 1. The standard InChI is InChI=1S/C12H21N3O/c1-4-11-8-12(14-9-13-11)15(10(2)3)6-5-7-16/h8-10,16H,4-7H2,1-3H3. The van der Waals surface area contributed by atoms with Gasteiger partial charge in [0.1, 0.15) is 12.1 Å². The summed E-state index contributed by atoms with van der Waals surface area (Å²) in [5.74, 6) is 0.954. The SMILES string of the molecule is CCc1cc(N(CCCO)C(C)C)ncn1. The summed E-state index contributed by atoms with van der Waals surface area (Å²) >= 11 is 0. The van der Waals surface area contributed by atoms with Gasteiger partial charge in [0.25, 0.3) is 0 Å². The molecule has 1 rings (SSSR count). The van der Waals surface area contributed by atoms with E-state index in [2.05, 4.69) is 35.6 Å². The first-order valence-corrected chi connectivity index (χ1v) is 5.87. The van der Waals surface area contributed by atoms with Gasteiger partial charge in [-0.3, -0.25) is 0 Å². The molecule has 0 amide bonds. The molecule has 1 aromatic heterocycles. The van der Waals surface area contributed by atoms with Crippen LogP contribution in [0.4, 0.5) is 5.82 Å². The first-order valence-electron chi connectivity index (χ1n) is 5.87. The highest BCUT2D eigenvalue weighted by Gasteiger charge is 2.11. The Balaban J connectivity index is 2.82. The molecule has 0 aliphatic carbocycles. The molecule has 0 radical (unpaired) electrons. The molecule has 4 heteroatoms. The van der Waals surface area contributed by atoms with E-state index in [1.165, 1.54) is 0 Å². The first kappa shape index (κ1) is 12.9. The second-order valence-electron chi connectivity index (χ2n) is 4.09. The maximum Gasteiger partial charge on any atom is 0.132 e. The van der Waals surface area contributed by atoms with E-state index >= 15 is 0 Å². The fourth-order valence-corrected chi connectivity index (χ4v) is 1.61. The number of hydrogen-bond donors (Lipinski definition) is 1. The Morgan fingerprint density at radius 1 is 1.38 bits per heavy atom. The maximum absolute atomic E-state index is 8.89. The van der Waals surface area contributed by atoms with E-state index in [-0.39, 0.29) is 6.61 Å². The molecule has 90 valence electrons. The van der Waals surface area contributed by atoms with E-state index in [0.29, 0.717) is 6.04 Å². The minimum absolute atomic E-state index is 0.217. The van der Waals surface area contributed by atoms with Gasteiger partial charge in [0, 0.05) is 31.0 Å². The Hall–Kier alpha value is -1.16. The third-order valence-electron chi connectivity index (χ3n) is 2.55. The smallest absolute Gasteiger partial charge is 0.132 e. The van der Waals surface area contributed by atoms with Gasteiger partial charge in [-0.1, -0.05) is 6.92 Å². The Bertz CT molecular complexity index is 315. The topological polar surface area (TPSA) is 49.2 Å². The first-order chi connectivity index (χ1) is 7.69. The normalized spacial score (nSPS) is 10.8. The molecule has 4 nitrogen and oxygen atoms in total. The molecule has 0 aliphatic rings. The summed E-state index contributed by atoms with van der Waals surface area (Å²) in [6, 6.07) is 2.41. The summed E-state index contributed by atoms with van der Waals surface area (Å²) in [6.07, 6.45) is 3.30. The van der Waals surface area contributed by atoms with Crippen LogP contribution >= 0.6 is 0 Å². The van der Waals surface area contributed by atoms with Gasteiger partial charge in [-0.2, -0.15) is 0 Å². The summed E-state index contributed by atoms with van der Waals surface area (Å²) in [5.41, 5.74) is 1.06. The van der Waals surface area contributed by atoms with Crippen LogP contribution < -0.4 is 4.90 Å². The van der Waals surface area contributed by atoms with E-state index in [1.807, 2.05) is 6.07 Å². The van der Waals surface area contributed by atoms with Gasteiger partial charge in [-0.05, 0) is 26.7 Å². The number of anilines is 1. The number of nitrogens with zero attached hydrogens (tertiary/aromatic N) is 3. The van der Waals surface area contributed by atoms with E-state index in [1.54, 1.807) is 6.33 Å². The van der Waals surface area contributed by atoms with Crippen molar-refractivity contribution in [1.29, 1.82) is 0 Å². The Labute approximate surface area is 97.3 Å². The second-order valence-corrected chi connectivity index (χ2v) is 4.09. The van der Waals surface area contributed by atoms with Crippen molar-refractivity contribution in [3.63, 3.8) is 0 Å². The Morgan fingerprint density at radius 2 is 2.12 bits per heavy atom. The molecule has 16 heavy (non-hydrogen) atoms. The molecule has 1 N–H and O–H groups in total. The van der Waals surface area contributed by atoms with Gasteiger partial charge >= 0.3 is 0 Å². The van der Waals surface area contributed by atoms with Crippen LogP contribution in [-0.4, -0.2) is 34.3 Å². The van der Waals surface area contributed by atoms with Crippen LogP contribution in [0.25, 0.3) is 0 Å². The van der Waals surface area contributed by atoms with Crippen molar-refractivity contribution < 1.29 is 5.11 Å². The van der Waals surface area contributed by atoms with Crippen molar-refractivity contribution in [3.05, 3.63) is 18.1 Å². The van der Waals surface area contributed by atoms with Crippen LogP contribution in [0.3, 0.4) is 0 Å². The molecule has 1 aromatic rings. The summed E-state index contributed by atoms with van der Waals surface area (Å²) < 4.78 is 0. The molecule has 0 unspecified atom stereocenters. The molecule has 0 saturated heterocycles. The fraction of sp³-hybridized carbons (Fsp3) is 0.667. The average Bonchev–Trinajstić information content (AvgIpc) is 2.29. The van der Waals surface area contributed by atoms with Gasteiger partial charge < -0.3 is 10.0 Å². The summed E-state index contributed by atoms with van der Waals surface area (Å²) in [4.78, 5) is 10.7. The van der Waals surface area contributed by atoms with Crippen molar-refractivity contribution in [2.24, 2.45) is 0 Å². The lowest BCUT2D eigenvalue weighted by Crippen LogP contribution is -2.33. The van der Waals surface area contributed by atoms with E-state index in [4.69, 9.17) is 5.11 Å². The summed E-state index contributed by atoms with van der Waals surface area (Å²) in [7, 11) is 0.